The molecule has 0 aliphatic rings. The molecular formula is C17H29FN2O. The van der Waals surface area contributed by atoms with Gasteiger partial charge in [-0.2, -0.15) is 0 Å². The number of hydrogen-bond donors (Lipinski definition) is 1. The van der Waals surface area contributed by atoms with Crippen molar-refractivity contribution < 1.29 is 9.13 Å². The Bertz CT molecular complexity index is 423. The predicted molar refractivity (Wildman–Crippen MR) is 87.3 cm³/mol. The van der Waals surface area contributed by atoms with Crippen LogP contribution in [-0.2, 0) is 11.3 Å². The maximum absolute atomic E-state index is 14.3. The first-order valence-electron chi connectivity index (χ1n) is 7.67. The smallest absolute Gasteiger partial charge is 0.146 e. The number of nitrogens with zero attached hydrogens (tertiary/aromatic N) is 1. The Kier molecular flexibility index (Phi) is 7.68. The van der Waals surface area contributed by atoms with Crippen molar-refractivity contribution in [3.05, 3.63) is 29.6 Å². The fourth-order valence-electron chi connectivity index (χ4n) is 2.56. The first-order valence-corrected chi connectivity index (χ1v) is 7.67. The monoisotopic (exact) mass is 296 g/mol. The molecule has 1 rings (SSSR count). The molecule has 1 N–H and O–H groups in total. The van der Waals surface area contributed by atoms with E-state index in [1.165, 1.54) is 6.07 Å². The van der Waals surface area contributed by atoms with E-state index in [9.17, 15) is 4.39 Å². The number of hydrogen-bond acceptors (Lipinski definition) is 3. The second-order valence-corrected chi connectivity index (χ2v) is 6.01. The van der Waals surface area contributed by atoms with Crippen molar-refractivity contribution in [2.75, 3.05) is 32.2 Å². The van der Waals surface area contributed by atoms with Crippen LogP contribution in [0.1, 0.15) is 32.8 Å². The first-order chi connectivity index (χ1) is 9.97. The Morgan fingerprint density at radius 2 is 2.00 bits per heavy atom. The summed E-state index contributed by atoms with van der Waals surface area (Å²) in [6.45, 7) is 8.60. The van der Waals surface area contributed by atoms with Crippen LogP contribution < -0.4 is 10.2 Å². The quantitative estimate of drug-likeness (QED) is 0.707. The zero-order valence-electron chi connectivity index (χ0n) is 13.9. The van der Waals surface area contributed by atoms with E-state index in [1.54, 1.807) is 13.2 Å². The van der Waals surface area contributed by atoms with Crippen LogP contribution in [0.5, 0.6) is 0 Å². The first kappa shape index (κ1) is 17.9. The minimum atomic E-state index is -0.154. The molecule has 4 heteroatoms. The Labute approximate surface area is 128 Å². The van der Waals surface area contributed by atoms with Crippen molar-refractivity contribution in [2.24, 2.45) is 5.92 Å². The molecule has 0 aliphatic carbocycles. The average Bonchev–Trinajstić information content (AvgIpc) is 2.42. The van der Waals surface area contributed by atoms with Gasteiger partial charge in [-0.1, -0.05) is 26.0 Å². The molecule has 1 unspecified atom stereocenters. The van der Waals surface area contributed by atoms with Crippen molar-refractivity contribution in [3.8, 4) is 0 Å². The summed E-state index contributed by atoms with van der Waals surface area (Å²) >= 11 is 0. The standard InChI is InChI=1S/C17H29FN2O/c1-13(2)11-14(3)20(4)17-15(7-6-8-16(17)18)12-19-9-10-21-5/h6-8,13-14,19H,9-12H2,1-5H3. The number of nitrogens with one attached hydrogen (secondary N) is 1. The molecule has 0 aromatic heterocycles. The molecule has 21 heavy (non-hydrogen) atoms. The van der Waals surface area contributed by atoms with Gasteiger partial charge < -0.3 is 15.0 Å². The Balaban J connectivity index is 2.83. The zero-order valence-corrected chi connectivity index (χ0v) is 13.9. The zero-order chi connectivity index (χ0) is 15.8. The number of rotatable bonds is 9. The lowest BCUT2D eigenvalue weighted by Crippen LogP contribution is -2.32. The van der Waals surface area contributed by atoms with E-state index in [0.29, 0.717) is 30.8 Å². The maximum atomic E-state index is 14.3. The molecule has 3 nitrogen and oxygen atoms in total. The van der Waals surface area contributed by atoms with Gasteiger partial charge in [0.25, 0.3) is 0 Å². The maximum Gasteiger partial charge on any atom is 0.146 e. The average molecular weight is 296 g/mol. The van der Waals surface area contributed by atoms with Gasteiger partial charge in [0.2, 0.25) is 0 Å². The van der Waals surface area contributed by atoms with Crippen LogP contribution in [0.2, 0.25) is 0 Å². The van der Waals surface area contributed by atoms with Crippen LogP contribution in [0.3, 0.4) is 0 Å². The fraction of sp³-hybridized carbons (Fsp3) is 0.647. The van der Waals surface area contributed by atoms with Gasteiger partial charge in [-0.05, 0) is 30.9 Å². The lowest BCUT2D eigenvalue weighted by molar-refractivity contribution is 0.199. The third-order valence-corrected chi connectivity index (χ3v) is 3.70. The topological polar surface area (TPSA) is 24.5 Å². The Morgan fingerprint density at radius 1 is 1.29 bits per heavy atom. The summed E-state index contributed by atoms with van der Waals surface area (Å²) < 4.78 is 19.3. The van der Waals surface area contributed by atoms with Gasteiger partial charge in [-0.25, -0.2) is 4.39 Å². The molecule has 0 fully saturated rings. The minimum absolute atomic E-state index is 0.154. The molecule has 0 saturated heterocycles. The lowest BCUT2D eigenvalue weighted by Gasteiger charge is -2.30. The lowest BCUT2D eigenvalue weighted by atomic mass is 10.0. The summed E-state index contributed by atoms with van der Waals surface area (Å²) in [4.78, 5) is 2.06. The molecule has 0 heterocycles. The van der Waals surface area contributed by atoms with Gasteiger partial charge >= 0.3 is 0 Å². The van der Waals surface area contributed by atoms with Gasteiger partial charge in [-0.15, -0.1) is 0 Å². The van der Waals surface area contributed by atoms with Gasteiger partial charge in [0.1, 0.15) is 5.82 Å². The van der Waals surface area contributed by atoms with Crippen LogP contribution in [0, 0.1) is 11.7 Å². The van der Waals surface area contributed by atoms with Crippen LogP contribution in [0.4, 0.5) is 10.1 Å². The van der Waals surface area contributed by atoms with E-state index >= 15 is 0 Å². The molecule has 0 spiro atoms. The molecule has 1 aromatic carbocycles. The van der Waals surface area contributed by atoms with Crippen molar-refractivity contribution in [3.63, 3.8) is 0 Å². The third-order valence-electron chi connectivity index (χ3n) is 3.70. The number of para-hydroxylation sites is 1. The van der Waals surface area contributed by atoms with Gasteiger partial charge in [0, 0.05) is 33.3 Å². The molecule has 0 amide bonds. The van der Waals surface area contributed by atoms with E-state index < -0.39 is 0 Å². The highest BCUT2D eigenvalue weighted by molar-refractivity contribution is 5.55. The van der Waals surface area contributed by atoms with E-state index in [4.69, 9.17) is 4.74 Å². The second kappa shape index (κ2) is 9.00. The van der Waals surface area contributed by atoms with Gasteiger partial charge in [0.05, 0.1) is 12.3 Å². The van der Waals surface area contributed by atoms with Crippen molar-refractivity contribution >= 4 is 5.69 Å². The summed E-state index contributed by atoms with van der Waals surface area (Å²) in [6, 6.07) is 5.59. The fourth-order valence-corrected chi connectivity index (χ4v) is 2.56. The Morgan fingerprint density at radius 3 is 2.62 bits per heavy atom. The predicted octanol–water partition coefficient (Wildman–Crippen LogP) is 3.43. The molecule has 1 atom stereocenters. The summed E-state index contributed by atoms with van der Waals surface area (Å²) in [7, 11) is 3.65. The number of halogens is 1. The van der Waals surface area contributed by atoms with Crippen molar-refractivity contribution in [1.82, 2.24) is 5.32 Å². The molecule has 1 aromatic rings. The van der Waals surface area contributed by atoms with Crippen molar-refractivity contribution in [1.29, 1.82) is 0 Å². The van der Waals surface area contributed by atoms with E-state index in [1.807, 2.05) is 13.1 Å². The molecule has 0 saturated carbocycles. The molecule has 120 valence electrons. The largest absolute Gasteiger partial charge is 0.383 e. The SMILES string of the molecule is COCCNCc1cccc(F)c1N(C)C(C)CC(C)C. The van der Waals surface area contributed by atoms with E-state index in [-0.39, 0.29) is 5.82 Å². The molecule has 0 aliphatic heterocycles. The highest BCUT2D eigenvalue weighted by Crippen LogP contribution is 2.26. The number of ether oxygens (including phenoxy) is 1. The summed E-state index contributed by atoms with van der Waals surface area (Å²) in [6.07, 6.45) is 1.04. The third kappa shape index (κ3) is 5.64. The number of benzene rings is 1. The second-order valence-electron chi connectivity index (χ2n) is 6.01. The Hall–Kier alpha value is -1.13. The van der Waals surface area contributed by atoms with Crippen LogP contribution >= 0.6 is 0 Å². The van der Waals surface area contributed by atoms with Gasteiger partial charge in [-0.3, -0.25) is 0 Å². The highest BCUT2D eigenvalue weighted by Gasteiger charge is 2.18. The van der Waals surface area contributed by atoms with Crippen LogP contribution in [0.25, 0.3) is 0 Å². The normalized spacial score (nSPS) is 12.7. The summed E-state index contributed by atoms with van der Waals surface area (Å²) in [5.74, 6) is 0.441. The summed E-state index contributed by atoms with van der Waals surface area (Å²) in [5, 5.41) is 3.29. The van der Waals surface area contributed by atoms with Crippen LogP contribution in [-0.4, -0.2) is 33.4 Å². The molecular weight excluding hydrogens is 267 g/mol. The molecule has 0 radical (unpaired) electrons. The van der Waals surface area contributed by atoms with Crippen molar-refractivity contribution in [2.45, 2.75) is 39.8 Å². The summed E-state index contributed by atoms with van der Waals surface area (Å²) in [5.41, 5.74) is 1.69. The van der Waals surface area contributed by atoms with E-state index in [0.717, 1.165) is 18.5 Å². The number of anilines is 1. The minimum Gasteiger partial charge on any atom is -0.383 e. The molecule has 0 bridgehead atoms. The van der Waals surface area contributed by atoms with Gasteiger partial charge in [0.15, 0.2) is 0 Å². The number of methoxy groups -OCH3 is 1. The highest BCUT2D eigenvalue weighted by atomic mass is 19.1. The van der Waals surface area contributed by atoms with E-state index in [2.05, 4.69) is 31.0 Å². The van der Waals surface area contributed by atoms with Crippen LogP contribution in [0.15, 0.2) is 18.2 Å².